The van der Waals surface area contributed by atoms with Gasteiger partial charge in [-0.25, -0.2) is 4.98 Å². The fourth-order valence-electron chi connectivity index (χ4n) is 6.56. The zero-order chi connectivity index (χ0) is 31.8. The number of thiol groups is 1. The first-order chi connectivity index (χ1) is 19.3. The highest BCUT2D eigenvalue weighted by atomic mass is 32.1. The Morgan fingerprint density at radius 3 is 2.05 bits per heavy atom. The van der Waals surface area contributed by atoms with Crippen LogP contribution >= 0.6 is 12.6 Å². The summed E-state index contributed by atoms with van der Waals surface area (Å²) in [6, 6.07) is 9.29. The van der Waals surface area contributed by atoms with E-state index in [-0.39, 0.29) is 27.1 Å². The summed E-state index contributed by atoms with van der Waals surface area (Å²) >= 11 is 4.51. The molecule has 4 heteroatoms. The quantitative estimate of drug-likeness (QED) is 0.108. The highest BCUT2D eigenvalue weighted by Gasteiger charge is 2.51. The molecular weight excluding hydrogens is 531 g/mol. The number of nitrogens with zero attached hydrogens (tertiary/aromatic N) is 2. The lowest BCUT2D eigenvalue weighted by Gasteiger charge is -2.55. The van der Waals surface area contributed by atoms with Gasteiger partial charge in [0.1, 0.15) is 0 Å². The molecule has 1 aromatic carbocycles. The lowest BCUT2D eigenvalue weighted by atomic mass is 9.49. The molecule has 1 aromatic heterocycles. The van der Waals surface area contributed by atoms with Crippen LogP contribution in [0.25, 0.3) is 0 Å². The summed E-state index contributed by atoms with van der Waals surface area (Å²) < 4.78 is 2.15. The Kier molecular flexibility index (Phi) is 13.1. The fraction of sp³-hybridized carbons (Fsp3) is 0.711. The van der Waals surface area contributed by atoms with Crippen molar-refractivity contribution in [3.05, 3.63) is 66.3 Å². The molecule has 1 heterocycles. The van der Waals surface area contributed by atoms with Gasteiger partial charge < -0.3 is 9.88 Å². The molecule has 1 N–H and O–H groups in total. The third kappa shape index (κ3) is 10.0. The van der Waals surface area contributed by atoms with Crippen molar-refractivity contribution in [1.29, 1.82) is 0 Å². The Morgan fingerprint density at radius 2 is 1.52 bits per heavy atom. The van der Waals surface area contributed by atoms with Gasteiger partial charge in [-0.2, -0.15) is 12.6 Å². The summed E-state index contributed by atoms with van der Waals surface area (Å²) in [6.45, 7) is 35.0. The normalized spacial score (nSPS) is 15.4. The van der Waals surface area contributed by atoms with E-state index in [0.29, 0.717) is 5.92 Å². The monoisotopic (exact) mass is 595 g/mol. The molecule has 0 fully saturated rings. The Hall–Kier alpha value is -1.52. The Bertz CT molecular complexity index is 1070. The number of rotatable bonds is 17. The molecule has 0 radical (unpaired) electrons. The molecule has 0 aliphatic carbocycles. The number of aromatic nitrogens is 2. The average Bonchev–Trinajstić information content (AvgIpc) is 3.40. The van der Waals surface area contributed by atoms with Gasteiger partial charge >= 0.3 is 0 Å². The Morgan fingerprint density at radius 1 is 0.905 bits per heavy atom. The summed E-state index contributed by atoms with van der Waals surface area (Å²) in [5.74, 6) is 1.24. The van der Waals surface area contributed by atoms with E-state index in [1.807, 2.05) is 18.7 Å². The lowest BCUT2D eigenvalue weighted by Crippen LogP contribution is -2.46. The number of nitrogens with one attached hydrogen (secondary N) is 1. The van der Waals surface area contributed by atoms with Gasteiger partial charge in [0.15, 0.2) is 0 Å². The number of benzene rings is 1. The molecule has 0 aliphatic rings. The second-order valence-corrected chi connectivity index (χ2v) is 16.9. The van der Waals surface area contributed by atoms with Crippen molar-refractivity contribution in [3.8, 4) is 0 Å². The highest BCUT2D eigenvalue weighted by molar-refractivity contribution is 7.79. The standard InChI is InChI=1S/C38H65N3S/c1-30(16-13-14-21-39-22-15-24-41-25-23-40-29-41)38(12,35(5,6)7)28-36(8,9)37(10,11)33(26-34(2,3)4)32-19-17-31(27-42)18-20-32/h17-20,23,25,29,33,39,42H,1,13-16,21-22,24,26-28H2,2-12H3. The van der Waals surface area contributed by atoms with Crippen molar-refractivity contribution >= 4 is 12.6 Å². The smallest absolute Gasteiger partial charge is 0.0945 e. The fourth-order valence-corrected chi connectivity index (χ4v) is 6.77. The van der Waals surface area contributed by atoms with Crippen LogP contribution in [-0.2, 0) is 12.3 Å². The van der Waals surface area contributed by atoms with Crippen molar-refractivity contribution in [2.75, 3.05) is 13.1 Å². The van der Waals surface area contributed by atoms with E-state index in [4.69, 9.17) is 6.58 Å². The molecule has 2 aromatic rings. The molecular formula is C38H65N3S. The summed E-state index contributed by atoms with van der Waals surface area (Å²) in [5.41, 5.74) is 4.74. The van der Waals surface area contributed by atoms with Crippen LogP contribution in [0.5, 0.6) is 0 Å². The third-order valence-corrected chi connectivity index (χ3v) is 11.0. The zero-order valence-corrected chi connectivity index (χ0v) is 30.1. The lowest BCUT2D eigenvalue weighted by molar-refractivity contribution is -0.0118. The maximum atomic E-state index is 4.78. The van der Waals surface area contributed by atoms with E-state index in [9.17, 15) is 0 Å². The van der Waals surface area contributed by atoms with Gasteiger partial charge in [-0.05, 0) is 95.7 Å². The first-order valence-corrected chi connectivity index (χ1v) is 17.0. The molecule has 238 valence electrons. The minimum Gasteiger partial charge on any atom is -0.337 e. The topological polar surface area (TPSA) is 29.9 Å². The van der Waals surface area contributed by atoms with Crippen LogP contribution in [0.2, 0.25) is 0 Å². The van der Waals surface area contributed by atoms with Crippen molar-refractivity contribution in [2.24, 2.45) is 27.1 Å². The molecule has 2 unspecified atom stereocenters. The molecule has 2 rings (SSSR count). The average molecular weight is 596 g/mol. The molecule has 0 spiro atoms. The summed E-state index contributed by atoms with van der Waals surface area (Å²) in [7, 11) is 0. The summed E-state index contributed by atoms with van der Waals surface area (Å²) in [5, 5.41) is 3.63. The van der Waals surface area contributed by atoms with Crippen molar-refractivity contribution in [2.45, 2.75) is 133 Å². The van der Waals surface area contributed by atoms with Crippen LogP contribution in [-0.4, -0.2) is 22.6 Å². The Labute approximate surface area is 266 Å². The van der Waals surface area contributed by atoms with Gasteiger partial charge in [0.2, 0.25) is 0 Å². The van der Waals surface area contributed by atoms with Crippen molar-refractivity contribution in [1.82, 2.24) is 14.9 Å². The predicted molar refractivity (Wildman–Crippen MR) is 188 cm³/mol. The van der Waals surface area contributed by atoms with Gasteiger partial charge in [-0.1, -0.05) is 113 Å². The van der Waals surface area contributed by atoms with Crippen LogP contribution in [0.4, 0.5) is 0 Å². The van der Waals surface area contributed by atoms with Crippen molar-refractivity contribution < 1.29 is 0 Å². The summed E-state index contributed by atoms with van der Waals surface area (Å²) in [4.78, 5) is 4.12. The SMILES string of the molecule is C=C(CCCCNCCCn1ccnc1)C(C)(CC(C)(C)C(C)(C)C(CC(C)(C)C)c1ccc(CS)cc1)C(C)(C)C. The molecule has 0 aliphatic heterocycles. The second-order valence-electron chi connectivity index (χ2n) is 16.5. The van der Waals surface area contributed by atoms with Crippen LogP contribution in [0.15, 0.2) is 55.1 Å². The zero-order valence-electron chi connectivity index (χ0n) is 29.2. The number of hydrogen-bond donors (Lipinski definition) is 2. The largest absolute Gasteiger partial charge is 0.337 e. The molecule has 0 amide bonds. The van der Waals surface area contributed by atoms with E-state index in [1.54, 1.807) is 0 Å². The van der Waals surface area contributed by atoms with Gasteiger partial charge in [0.25, 0.3) is 0 Å². The third-order valence-electron chi connectivity index (χ3n) is 10.6. The van der Waals surface area contributed by atoms with Crippen LogP contribution in [0, 0.1) is 27.1 Å². The molecule has 0 saturated heterocycles. The van der Waals surface area contributed by atoms with Gasteiger partial charge in [0, 0.05) is 24.7 Å². The number of hydrogen-bond acceptors (Lipinski definition) is 3. The van der Waals surface area contributed by atoms with E-state index >= 15 is 0 Å². The van der Waals surface area contributed by atoms with E-state index in [1.165, 1.54) is 29.5 Å². The number of unbranched alkanes of at least 4 members (excludes halogenated alkanes) is 1. The highest BCUT2D eigenvalue weighted by Crippen LogP contribution is 2.60. The predicted octanol–water partition coefficient (Wildman–Crippen LogP) is 10.7. The first kappa shape index (κ1) is 36.7. The Balaban J connectivity index is 2.12. The second kappa shape index (κ2) is 15.0. The van der Waals surface area contributed by atoms with Crippen LogP contribution in [0.3, 0.4) is 0 Å². The molecule has 42 heavy (non-hydrogen) atoms. The molecule has 0 saturated carbocycles. The van der Waals surface area contributed by atoms with E-state index < -0.39 is 0 Å². The van der Waals surface area contributed by atoms with Gasteiger partial charge in [-0.15, -0.1) is 0 Å². The first-order valence-electron chi connectivity index (χ1n) is 16.4. The minimum absolute atomic E-state index is 0.0359. The number of allylic oxidation sites excluding steroid dienone is 1. The van der Waals surface area contributed by atoms with Gasteiger partial charge in [0.05, 0.1) is 6.33 Å². The van der Waals surface area contributed by atoms with E-state index in [2.05, 4.69) is 128 Å². The van der Waals surface area contributed by atoms with Crippen LogP contribution in [0.1, 0.15) is 132 Å². The molecule has 3 nitrogen and oxygen atoms in total. The number of aryl methyl sites for hydroxylation is 1. The molecule has 2 atom stereocenters. The maximum Gasteiger partial charge on any atom is 0.0945 e. The molecule has 0 bridgehead atoms. The summed E-state index contributed by atoms with van der Waals surface area (Å²) in [6.07, 6.45) is 12.7. The van der Waals surface area contributed by atoms with E-state index in [0.717, 1.165) is 51.1 Å². The van der Waals surface area contributed by atoms with Crippen LogP contribution < -0.4 is 5.32 Å². The number of imidazole rings is 1. The minimum atomic E-state index is 0.0359. The van der Waals surface area contributed by atoms with Gasteiger partial charge in [-0.3, -0.25) is 0 Å². The maximum absolute atomic E-state index is 4.78. The van der Waals surface area contributed by atoms with Crippen molar-refractivity contribution in [3.63, 3.8) is 0 Å².